The predicted molar refractivity (Wildman–Crippen MR) is 89.2 cm³/mol. The Morgan fingerprint density at radius 2 is 1.96 bits per heavy atom. The van der Waals surface area contributed by atoms with Crippen LogP contribution in [0.5, 0.6) is 5.75 Å². The summed E-state index contributed by atoms with van der Waals surface area (Å²) in [6.07, 6.45) is 0.262. The third-order valence-electron chi connectivity index (χ3n) is 4.06. The number of hydrogen-bond donors (Lipinski definition) is 0. The van der Waals surface area contributed by atoms with E-state index in [1.165, 1.54) is 30.6 Å². The van der Waals surface area contributed by atoms with Crippen LogP contribution in [0.25, 0.3) is 0 Å². The number of morpholine rings is 1. The Morgan fingerprint density at radius 1 is 1.33 bits per heavy atom. The molecule has 0 unspecified atom stereocenters. The molecule has 1 fully saturated rings. The lowest BCUT2D eigenvalue weighted by Crippen LogP contribution is -2.48. The summed E-state index contributed by atoms with van der Waals surface area (Å²) >= 11 is 0. The van der Waals surface area contributed by atoms with Crippen molar-refractivity contribution >= 4 is 10.0 Å². The number of nitrogens with zero attached hydrogens (tertiary/aromatic N) is 2. The summed E-state index contributed by atoms with van der Waals surface area (Å²) in [5.41, 5.74) is 0. The van der Waals surface area contributed by atoms with Gasteiger partial charge in [0.25, 0.3) is 0 Å². The average Bonchev–Trinajstić information content (AvgIpc) is 2.51. The Kier molecular flexibility index (Phi) is 6.19. The van der Waals surface area contributed by atoms with Gasteiger partial charge in [-0.2, -0.15) is 4.31 Å². The summed E-state index contributed by atoms with van der Waals surface area (Å²) in [5, 5.41) is 0. The molecule has 0 aliphatic carbocycles. The van der Waals surface area contributed by atoms with Crippen LogP contribution < -0.4 is 4.74 Å². The zero-order valence-electron chi connectivity index (χ0n) is 14.5. The third kappa shape index (κ3) is 4.44. The second kappa shape index (κ2) is 7.77. The maximum atomic E-state index is 13.8. The second-order valence-corrected chi connectivity index (χ2v) is 8.18. The zero-order valence-corrected chi connectivity index (χ0v) is 15.3. The molecule has 1 aliphatic rings. The van der Waals surface area contributed by atoms with Crippen LogP contribution >= 0.6 is 0 Å². The number of sulfonamides is 1. The summed E-state index contributed by atoms with van der Waals surface area (Å²) in [6.45, 7) is 6.49. The summed E-state index contributed by atoms with van der Waals surface area (Å²) in [7, 11) is -0.893. The Labute approximate surface area is 143 Å². The van der Waals surface area contributed by atoms with Gasteiger partial charge in [-0.15, -0.1) is 0 Å². The maximum Gasteiger partial charge on any atom is 0.242 e. The van der Waals surface area contributed by atoms with Crippen LogP contribution in [0.15, 0.2) is 23.1 Å². The van der Waals surface area contributed by atoms with Crippen molar-refractivity contribution in [2.75, 3.05) is 40.3 Å². The maximum absolute atomic E-state index is 13.8. The van der Waals surface area contributed by atoms with Crippen LogP contribution in [-0.4, -0.2) is 70.2 Å². The molecule has 24 heavy (non-hydrogen) atoms. The quantitative estimate of drug-likeness (QED) is 0.771. The van der Waals surface area contributed by atoms with Crippen LogP contribution in [0.3, 0.4) is 0 Å². The third-order valence-corrected chi connectivity index (χ3v) is 5.91. The molecule has 2 atom stereocenters. The normalized spacial score (nSPS) is 22.8. The van der Waals surface area contributed by atoms with Crippen molar-refractivity contribution in [1.82, 2.24) is 9.21 Å². The molecule has 2 rings (SSSR count). The zero-order chi connectivity index (χ0) is 17.9. The van der Waals surface area contributed by atoms with Gasteiger partial charge in [0, 0.05) is 33.2 Å². The van der Waals surface area contributed by atoms with Crippen molar-refractivity contribution in [2.45, 2.75) is 31.0 Å². The molecule has 0 bridgehead atoms. The van der Waals surface area contributed by atoms with E-state index in [2.05, 4.69) is 4.90 Å². The predicted octanol–water partition coefficient (Wildman–Crippen LogP) is 1.56. The second-order valence-electron chi connectivity index (χ2n) is 6.14. The molecule has 1 aliphatic heterocycles. The number of ether oxygens (including phenoxy) is 2. The van der Waals surface area contributed by atoms with E-state index in [4.69, 9.17) is 9.47 Å². The molecule has 0 aromatic heterocycles. The number of benzene rings is 1. The minimum atomic E-state index is -3.73. The molecule has 0 saturated carbocycles. The van der Waals surface area contributed by atoms with E-state index in [0.29, 0.717) is 13.1 Å². The Bertz CT molecular complexity index is 658. The number of halogens is 1. The summed E-state index contributed by atoms with van der Waals surface area (Å²) in [4.78, 5) is 2.10. The van der Waals surface area contributed by atoms with Crippen LogP contribution in [-0.2, 0) is 14.8 Å². The molecular weight excluding hydrogens is 335 g/mol. The number of methoxy groups -OCH3 is 1. The largest absolute Gasteiger partial charge is 0.494 e. The molecular formula is C16H25FN2O4S. The first-order chi connectivity index (χ1) is 11.2. The van der Waals surface area contributed by atoms with E-state index in [9.17, 15) is 12.8 Å². The van der Waals surface area contributed by atoms with Crippen molar-refractivity contribution in [3.8, 4) is 5.75 Å². The molecule has 0 spiro atoms. The highest BCUT2D eigenvalue weighted by atomic mass is 32.2. The minimum Gasteiger partial charge on any atom is -0.494 e. The number of rotatable bonds is 6. The highest BCUT2D eigenvalue weighted by Crippen LogP contribution is 2.22. The van der Waals surface area contributed by atoms with Gasteiger partial charge in [0.15, 0.2) is 11.6 Å². The van der Waals surface area contributed by atoms with E-state index in [0.717, 1.165) is 19.2 Å². The van der Waals surface area contributed by atoms with Gasteiger partial charge in [-0.3, -0.25) is 4.90 Å². The van der Waals surface area contributed by atoms with Crippen LogP contribution in [0.2, 0.25) is 0 Å². The Hall–Kier alpha value is -1.22. The van der Waals surface area contributed by atoms with Gasteiger partial charge >= 0.3 is 0 Å². The van der Waals surface area contributed by atoms with E-state index >= 15 is 0 Å². The fourth-order valence-corrected chi connectivity index (χ4v) is 4.03. The Morgan fingerprint density at radius 3 is 2.50 bits per heavy atom. The Balaban J connectivity index is 2.02. The van der Waals surface area contributed by atoms with Crippen molar-refractivity contribution < 1.29 is 22.3 Å². The number of likely N-dealkylation sites (N-methyl/N-ethyl adjacent to an activating group) is 1. The van der Waals surface area contributed by atoms with E-state index in [-0.39, 0.29) is 22.9 Å². The summed E-state index contributed by atoms with van der Waals surface area (Å²) in [6, 6.07) is 3.66. The molecule has 1 aromatic carbocycles. The van der Waals surface area contributed by atoms with Gasteiger partial charge in [0.05, 0.1) is 24.2 Å². The molecule has 6 nitrogen and oxygen atoms in total. The van der Waals surface area contributed by atoms with Crippen LogP contribution in [0.1, 0.15) is 13.8 Å². The van der Waals surface area contributed by atoms with Gasteiger partial charge in [0.2, 0.25) is 10.0 Å². The lowest BCUT2D eigenvalue weighted by atomic mass is 10.2. The fourth-order valence-electron chi connectivity index (χ4n) is 2.86. The van der Waals surface area contributed by atoms with Crippen molar-refractivity contribution in [2.24, 2.45) is 0 Å². The summed E-state index contributed by atoms with van der Waals surface area (Å²) < 4.78 is 50.6. The number of hydrogen-bond acceptors (Lipinski definition) is 5. The van der Waals surface area contributed by atoms with Gasteiger partial charge in [0.1, 0.15) is 0 Å². The highest BCUT2D eigenvalue weighted by molar-refractivity contribution is 7.89. The lowest BCUT2D eigenvalue weighted by Gasteiger charge is -2.35. The molecule has 1 aromatic rings. The van der Waals surface area contributed by atoms with Gasteiger partial charge in [-0.25, -0.2) is 12.8 Å². The molecule has 0 radical (unpaired) electrons. The van der Waals surface area contributed by atoms with Gasteiger partial charge < -0.3 is 9.47 Å². The molecule has 136 valence electrons. The first kappa shape index (κ1) is 19.1. The standard InChI is InChI=1S/C16H25FN2O4S/c1-12-10-19(11-13(2)23-12)8-7-18(3)24(20,21)14-5-6-16(22-4)15(17)9-14/h5-6,9,12-13H,7-8,10-11H2,1-4H3/t12-,13+. The van der Waals surface area contributed by atoms with Crippen molar-refractivity contribution in [3.05, 3.63) is 24.0 Å². The van der Waals surface area contributed by atoms with Crippen molar-refractivity contribution in [3.63, 3.8) is 0 Å². The average molecular weight is 360 g/mol. The SMILES string of the molecule is COc1ccc(S(=O)(=O)N(C)CCN2C[C@@H](C)O[C@@H](C)C2)cc1F. The topological polar surface area (TPSA) is 59.1 Å². The molecule has 0 amide bonds. The monoisotopic (exact) mass is 360 g/mol. The smallest absolute Gasteiger partial charge is 0.242 e. The van der Waals surface area contributed by atoms with Crippen molar-refractivity contribution in [1.29, 1.82) is 0 Å². The van der Waals surface area contributed by atoms with E-state index in [1.807, 2.05) is 13.8 Å². The van der Waals surface area contributed by atoms with E-state index < -0.39 is 15.8 Å². The van der Waals surface area contributed by atoms with Crippen LogP contribution in [0.4, 0.5) is 4.39 Å². The first-order valence-corrected chi connectivity index (χ1v) is 9.35. The first-order valence-electron chi connectivity index (χ1n) is 7.91. The van der Waals surface area contributed by atoms with E-state index in [1.54, 1.807) is 0 Å². The van der Waals surface area contributed by atoms with Gasteiger partial charge in [-0.05, 0) is 32.0 Å². The summed E-state index contributed by atoms with van der Waals surface area (Å²) in [5.74, 6) is -0.671. The molecule has 1 saturated heterocycles. The minimum absolute atomic E-state index is 0.0212. The van der Waals surface area contributed by atoms with Crippen LogP contribution in [0, 0.1) is 5.82 Å². The lowest BCUT2D eigenvalue weighted by molar-refractivity contribution is -0.0681. The molecule has 8 heteroatoms. The fraction of sp³-hybridized carbons (Fsp3) is 0.625. The molecule has 1 heterocycles. The molecule has 0 N–H and O–H groups in total. The highest BCUT2D eigenvalue weighted by Gasteiger charge is 2.25. The van der Waals surface area contributed by atoms with Gasteiger partial charge in [-0.1, -0.05) is 0 Å².